The smallest absolute Gasteiger partial charge is 0.151 e. The molecular formula is C8H5BrClFN2. The molecule has 0 fully saturated rings. The maximum absolute atomic E-state index is 13.2. The van der Waals surface area contributed by atoms with Gasteiger partial charge in [-0.1, -0.05) is 0 Å². The maximum atomic E-state index is 13.2. The number of aromatic nitrogens is 2. The van der Waals surface area contributed by atoms with Gasteiger partial charge in [0.25, 0.3) is 0 Å². The van der Waals surface area contributed by atoms with Crippen LogP contribution in [0.4, 0.5) is 4.39 Å². The fourth-order valence-corrected chi connectivity index (χ4v) is 1.69. The minimum absolute atomic E-state index is 0.251. The lowest BCUT2D eigenvalue weighted by atomic mass is 10.3. The lowest BCUT2D eigenvalue weighted by Crippen LogP contribution is -1.78. The molecule has 68 valence electrons. The van der Waals surface area contributed by atoms with E-state index < -0.39 is 0 Å². The molecule has 0 spiro atoms. The van der Waals surface area contributed by atoms with Crippen molar-refractivity contribution in [2.45, 2.75) is 5.88 Å². The Balaban J connectivity index is 2.80. The highest BCUT2D eigenvalue weighted by molar-refractivity contribution is 9.10. The molecule has 0 aliphatic carbocycles. The molecule has 1 aromatic carbocycles. The maximum Gasteiger partial charge on any atom is 0.151 e. The van der Waals surface area contributed by atoms with Crippen LogP contribution in [0.2, 0.25) is 0 Å². The van der Waals surface area contributed by atoms with Gasteiger partial charge in [-0.3, -0.25) is 0 Å². The molecule has 0 radical (unpaired) electrons. The molecule has 1 N–H and O–H groups in total. The predicted octanol–water partition coefficient (Wildman–Crippen LogP) is 3.20. The van der Waals surface area contributed by atoms with Gasteiger partial charge >= 0.3 is 0 Å². The fraction of sp³-hybridized carbons (Fsp3) is 0.125. The quantitative estimate of drug-likeness (QED) is 0.786. The first kappa shape index (κ1) is 8.97. The first-order chi connectivity index (χ1) is 6.22. The van der Waals surface area contributed by atoms with E-state index in [1.165, 1.54) is 6.07 Å². The molecule has 0 saturated carbocycles. The Morgan fingerprint density at radius 2 is 2.31 bits per heavy atom. The van der Waals surface area contributed by atoms with Crippen LogP contribution in [0.5, 0.6) is 0 Å². The van der Waals surface area contributed by atoms with Crippen LogP contribution < -0.4 is 0 Å². The molecule has 0 bridgehead atoms. The van der Waals surface area contributed by atoms with Gasteiger partial charge in [-0.05, 0) is 28.1 Å². The van der Waals surface area contributed by atoms with E-state index in [4.69, 9.17) is 11.6 Å². The van der Waals surface area contributed by atoms with E-state index in [-0.39, 0.29) is 11.7 Å². The van der Waals surface area contributed by atoms with Crippen LogP contribution in [-0.4, -0.2) is 9.97 Å². The Kier molecular flexibility index (Phi) is 2.26. The third-order valence-electron chi connectivity index (χ3n) is 1.72. The van der Waals surface area contributed by atoms with Crippen molar-refractivity contribution in [3.8, 4) is 0 Å². The molecule has 0 saturated heterocycles. The molecule has 2 rings (SSSR count). The summed E-state index contributed by atoms with van der Waals surface area (Å²) in [6.07, 6.45) is 0. The zero-order valence-corrected chi connectivity index (χ0v) is 8.78. The molecule has 0 aliphatic rings. The van der Waals surface area contributed by atoms with Crippen molar-refractivity contribution in [2.75, 3.05) is 0 Å². The number of fused-ring (bicyclic) bond motifs is 1. The van der Waals surface area contributed by atoms with E-state index in [2.05, 4.69) is 25.9 Å². The highest BCUT2D eigenvalue weighted by Gasteiger charge is 2.09. The molecule has 0 aliphatic heterocycles. The van der Waals surface area contributed by atoms with Gasteiger partial charge in [-0.15, -0.1) is 11.6 Å². The summed E-state index contributed by atoms with van der Waals surface area (Å²) in [5.41, 5.74) is 0.973. The van der Waals surface area contributed by atoms with E-state index >= 15 is 0 Å². The van der Waals surface area contributed by atoms with Gasteiger partial charge in [0.1, 0.15) is 11.3 Å². The summed E-state index contributed by atoms with van der Waals surface area (Å²) < 4.78 is 14.0. The highest BCUT2D eigenvalue weighted by atomic mass is 79.9. The van der Waals surface area contributed by atoms with Crippen LogP contribution in [-0.2, 0) is 5.88 Å². The van der Waals surface area contributed by atoms with E-state index in [9.17, 15) is 4.39 Å². The van der Waals surface area contributed by atoms with Gasteiger partial charge in [-0.2, -0.15) is 0 Å². The number of hydrogen-bond acceptors (Lipinski definition) is 1. The van der Waals surface area contributed by atoms with Gasteiger partial charge in [0, 0.05) is 4.47 Å². The highest BCUT2D eigenvalue weighted by Crippen LogP contribution is 2.24. The Hall–Kier alpha value is -0.610. The van der Waals surface area contributed by atoms with Crippen molar-refractivity contribution < 1.29 is 4.39 Å². The van der Waals surface area contributed by atoms with Gasteiger partial charge in [0.05, 0.1) is 11.4 Å². The van der Waals surface area contributed by atoms with Crippen molar-refractivity contribution in [1.29, 1.82) is 0 Å². The number of nitrogens with one attached hydrogen (secondary N) is 1. The molecule has 1 aromatic heterocycles. The second-order valence-electron chi connectivity index (χ2n) is 2.57. The van der Waals surface area contributed by atoms with Crippen molar-refractivity contribution >= 4 is 38.6 Å². The Bertz CT molecular complexity index is 416. The number of benzene rings is 1. The normalized spacial score (nSPS) is 11.0. The number of hydrogen-bond donors (Lipinski definition) is 1. The van der Waals surface area contributed by atoms with Crippen LogP contribution in [0.15, 0.2) is 16.6 Å². The van der Waals surface area contributed by atoms with Crippen LogP contribution in [0, 0.1) is 5.82 Å². The van der Waals surface area contributed by atoms with Gasteiger partial charge in [0.2, 0.25) is 0 Å². The Labute approximate surface area is 87.2 Å². The molecule has 2 nitrogen and oxygen atoms in total. The first-order valence-corrected chi connectivity index (χ1v) is 4.93. The second-order valence-corrected chi connectivity index (χ2v) is 3.69. The molecular weight excluding hydrogens is 258 g/mol. The number of imidazole rings is 1. The third-order valence-corrected chi connectivity index (χ3v) is 2.63. The molecule has 5 heteroatoms. The monoisotopic (exact) mass is 262 g/mol. The van der Waals surface area contributed by atoms with Gasteiger partial charge in [-0.25, -0.2) is 9.37 Å². The number of rotatable bonds is 1. The van der Waals surface area contributed by atoms with E-state index in [1.54, 1.807) is 6.07 Å². The standard InChI is InChI=1S/C8H5BrClFN2/c9-4-1-2-5(11)8-7(4)12-6(3-10)13-8/h1-2H,3H2,(H,12,13). The summed E-state index contributed by atoms with van der Waals surface area (Å²) in [5, 5.41) is 0. The number of halogens is 3. The number of alkyl halides is 1. The summed E-state index contributed by atoms with van der Waals surface area (Å²) in [6.45, 7) is 0. The van der Waals surface area contributed by atoms with E-state index in [1.807, 2.05) is 0 Å². The summed E-state index contributed by atoms with van der Waals surface area (Å²) in [6, 6.07) is 3.00. The summed E-state index contributed by atoms with van der Waals surface area (Å²) in [7, 11) is 0. The van der Waals surface area contributed by atoms with Gasteiger partial charge < -0.3 is 4.98 Å². The van der Waals surface area contributed by atoms with E-state index in [0.29, 0.717) is 16.9 Å². The van der Waals surface area contributed by atoms with Crippen molar-refractivity contribution in [2.24, 2.45) is 0 Å². The molecule has 0 atom stereocenters. The van der Waals surface area contributed by atoms with E-state index in [0.717, 1.165) is 4.47 Å². The number of H-pyrrole nitrogens is 1. The third kappa shape index (κ3) is 1.44. The lowest BCUT2D eigenvalue weighted by Gasteiger charge is -1.92. The zero-order chi connectivity index (χ0) is 9.42. The van der Waals surface area contributed by atoms with Gasteiger partial charge in [0.15, 0.2) is 5.82 Å². The minimum Gasteiger partial charge on any atom is -0.340 e. The average Bonchev–Trinajstić information content (AvgIpc) is 2.56. The summed E-state index contributed by atoms with van der Waals surface area (Å²) >= 11 is 8.86. The lowest BCUT2D eigenvalue weighted by molar-refractivity contribution is 0.637. The number of aromatic amines is 1. The van der Waals surface area contributed by atoms with Crippen molar-refractivity contribution in [3.05, 3.63) is 28.2 Å². The Morgan fingerprint density at radius 1 is 1.54 bits per heavy atom. The number of nitrogens with zero attached hydrogens (tertiary/aromatic N) is 1. The predicted molar refractivity (Wildman–Crippen MR) is 53.3 cm³/mol. The molecule has 1 heterocycles. The molecule has 0 amide bonds. The zero-order valence-electron chi connectivity index (χ0n) is 6.44. The largest absolute Gasteiger partial charge is 0.340 e. The fourth-order valence-electron chi connectivity index (χ4n) is 1.14. The molecule has 13 heavy (non-hydrogen) atoms. The Morgan fingerprint density at radius 3 is 2.92 bits per heavy atom. The van der Waals surface area contributed by atoms with Crippen LogP contribution in [0.25, 0.3) is 11.0 Å². The van der Waals surface area contributed by atoms with Crippen LogP contribution >= 0.6 is 27.5 Å². The van der Waals surface area contributed by atoms with Crippen molar-refractivity contribution in [1.82, 2.24) is 9.97 Å². The van der Waals surface area contributed by atoms with Crippen LogP contribution in [0.3, 0.4) is 0 Å². The molecule has 2 aromatic rings. The average molecular weight is 263 g/mol. The molecule has 0 unspecified atom stereocenters. The summed E-state index contributed by atoms with van der Waals surface area (Å²) in [4.78, 5) is 6.92. The summed E-state index contributed by atoms with van der Waals surface area (Å²) in [5.74, 6) is 0.480. The minimum atomic E-state index is -0.342. The van der Waals surface area contributed by atoms with Crippen molar-refractivity contribution in [3.63, 3.8) is 0 Å². The first-order valence-electron chi connectivity index (χ1n) is 3.61. The second kappa shape index (κ2) is 3.27. The van der Waals surface area contributed by atoms with Crippen LogP contribution in [0.1, 0.15) is 5.82 Å². The topological polar surface area (TPSA) is 28.7 Å². The SMILES string of the molecule is Fc1ccc(Br)c2[nH]c(CCl)nc12.